The molecule has 0 atom stereocenters. The van der Waals surface area contributed by atoms with Gasteiger partial charge in [0.25, 0.3) is 0 Å². The van der Waals surface area contributed by atoms with Crippen molar-refractivity contribution in [1.82, 2.24) is 0 Å². The lowest BCUT2D eigenvalue weighted by Crippen LogP contribution is -1.91. The van der Waals surface area contributed by atoms with Crippen LogP contribution in [0.5, 0.6) is 0 Å². The normalized spacial score (nSPS) is 10.0. The van der Waals surface area contributed by atoms with Gasteiger partial charge in [0, 0.05) is 23.1 Å². The fraction of sp³-hybridized carbons (Fsp3) is 0.448. The number of benzene rings is 2. The van der Waals surface area contributed by atoms with Crippen LogP contribution >= 0.6 is 0 Å². The number of unbranched alkanes of at least 4 members (excludes halogenated alkanes) is 8. The molecule has 0 spiro atoms. The quantitative estimate of drug-likeness (QED) is 0.288. The minimum absolute atomic E-state index is 0.997. The minimum Gasteiger partial charge on any atom is -0.0979 e. The van der Waals surface area contributed by atoms with Gasteiger partial charge < -0.3 is 0 Å². The van der Waals surface area contributed by atoms with Crippen LogP contribution in [0.4, 0.5) is 0 Å². The van der Waals surface area contributed by atoms with E-state index in [1.54, 1.807) is 0 Å². The van der Waals surface area contributed by atoms with Gasteiger partial charge in [-0.25, -0.2) is 0 Å². The van der Waals surface area contributed by atoms with Crippen molar-refractivity contribution in [2.24, 2.45) is 0 Å². The lowest BCUT2D eigenvalue weighted by Gasteiger charge is -2.04. The monoisotopic (exact) mass is 384 g/mol. The molecule has 0 heteroatoms. The highest BCUT2D eigenvalue weighted by Gasteiger charge is 1.99. The average molecular weight is 385 g/mol. The van der Waals surface area contributed by atoms with Crippen molar-refractivity contribution >= 4 is 0 Å². The fourth-order valence-corrected chi connectivity index (χ4v) is 3.36. The van der Waals surface area contributed by atoms with E-state index in [1.807, 2.05) is 0 Å². The topological polar surface area (TPSA) is 0 Å². The number of hydrogen-bond donors (Lipinski definition) is 0. The third-order valence-corrected chi connectivity index (χ3v) is 5.18. The molecule has 0 aliphatic heterocycles. The number of rotatable bonds is 10. The van der Waals surface area contributed by atoms with Gasteiger partial charge in [0.1, 0.15) is 0 Å². The SMILES string of the molecule is CCCCCCC#Cc1ccc(C#Cc2ccccc2CCCCCCC)cc1. The van der Waals surface area contributed by atoms with Gasteiger partial charge in [-0.3, -0.25) is 0 Å². The summed E-state index contributed by atoms with van der Waals surface area (Å²) in [6, 6.07) is 16.9. The van der Waals surface area contributed by atoms with Gasteiger partial charge in [0.15, 0.2) is 0 Å². The maximum Gasteiger partial charge on any atom is 0.0281 e. The van der Waals surface area contributed by atoms with Crippen molar-refractivity contribution in [2.45, 2.75) is 84.5 Å². The van der Waals surface area contributed by atoms with Crippen LogP contribution in [0.1, 0.15) is 100 Å². The smallest absolute Gasteiger partial charge is 0.0281 e. The summed E-state index contributed by atoms with van der Waals surface area (Å²) >= 11 is 0. The molecule has 0 fully saturated rings. The van der Waals surface area contributed by atoms with E-state index in [0.29, 0.717) is 0 Å². The van der Waals surface area contributed by atoms with E-state index in [1.165, 1.54) is 68.9 Å². The molecule has 0 saturated carbocycles. The van der Waals surface area contributed by atoms with Crippen LogP contribution < -0.4 is 0 Å². The Morgan fingerprint density at radius 3 is 1.93 bits per heavy atom. The van der Waals surface area contributed by atoms with Crippen LogP contribution in [0.2, 0.25) is 0 Å². The molecular formula is C29H36. The largest absolute Gasteiger partial charge is 0.0979 e. The van der Waals surface area contributed by atoms with E-state index in [9.17, 15) is 0 Å². The Hall–Kier alpha value is -2.44. The summed E-state index contributed by atoms with van der Waals surface area (Å²) in [5, 5.41) is 0. The van der Waals surface area contributed by atoms with Crippen molar-refractivity contribution in [3.63, 3.8) is 0 Å². The zero-order chi connectivity index (χ0) is 20.6. The Morgan fingerprint density at radius 2 is 1.21 bits per heavy atom. The first kappa shape index (κ1) is 22.8. The first-order chi connectivity index (χ1) is 14.3. The number of aryl methyl sites for hydroxylation is 1. The van der Waals surface area contributed by atoms with Gasteiger partial charge in [-0.15, -0.1) is 0 Å². The highest BCUT2D eigenvalue weighted by Crippen LogP contribution is 2.13. The second-order valence-corrected chi connectivity index (χ2v) is 7.76. The Kier molecular flexibility index (Phi) is 11.5. The molecule has 0 aliphatic rings. The zero-order valence-corrected chi connectivity index (χ0v) is 18.4. The van der Waals surface area contributed by atoms with Crippen molar-refractivity contribution in [3.8, 4) is 23.7 Å². The molecule has 0 nitrogen and oxygen atoms in total. The molecule has 0 saturated heterocycles. The van der Waals surface area contributed by atoms with Crippen molar-refractivity contribution in [2.75, 3.05) is 0 Å². The Morgan fingerprint density at radius 1 is 0.586 bits per heavy atom. The molecule has 0 aliphatic carbocycles. The highest BCUT2D eigenvalue weighted by atomic mass is 14.0. The summed E-state index contributed by atoms with van der Waals surface area (Å²) in [5.74, 6) is 13.3. The molecule has 29 heavy (non-hydrogen) atoms. The maximum absolute atomic E-state index is 3.39. The molecule has 152 valence electrons. The first-order valence-electron chi connectivity index (χ1n) is 11.5. The van der Waals surface area contributed by atoms with E-state index in [0.717, 1.165) is 24.0 Å². The average Bonchev–Trinajstić information content (AvgIpc) is 2.76. The van der Waals surface area contributed by atoms with Crippen LogP contribution in [-0.4, -0.2) is 0 Å². The molecule has 2 aromatic carbocycles. The summed E-state index contributed by atoms with van der Waals surface area (Å²) in [7, 11) is 0. The van der Waals surface area contributed by atoms with Crippen molar-refractivity contribution < 1.29 is 0 Å². The fourth-order valence-electron chi connectivity index (χ4n) is 3.36. The van der Waals surface area contributed by atoms with Gasteiger partial charge in [0.05, 0.1) is 0 Å². The molecule has 0 unspecified atom stereocenters. The summed E-state index contributed by atoms with van der Waals surface area (Å²) in [5.41, 5.74) is 4.68. The molecule has 0 heterocycles. The van der Waals surface area contributed by atoms with Gasteiger partial charge >= 0.3 is 0 Å². The van der Waals surface area contributed by atoms with Gasteiger partial charge in [-0.1, -0.05) is 101 Å². The molecule has 0 aromatic heterocycles. The Balaban J connectivity index is 1.90. The van der Waals surface area contributed by atoms with Crippen molar-refractivity contribution in [3.05, 3.63) is 70.8 Å². The highest BCUT2D eigenvalue weighted by molar-refractivity contribution is 5.48. The predicted octanol–water partition coefficient (Wildman–Crippen LogP) is 7.92. The summed E-state index contributed by atoms with van der Waals surface area (Å²) in [6.07, 6.45) is 13.8. The van der Waals surface area contributed by atoms with Gasteiger partial charge in [-0.05, 0) is 55.2 Å². The molecular weight excluding hydrogens is 348 g/mol. The molecule has 2 rings (SSSR count). The van der Waals surface area contributed by atoms with Crippen LogP contribution in [0.25, 0.3) is 0 Å². The molecule has 0 amide bonds. The van der Waals surface area contributed by atoms with E-state index in [2.05, 4.69) is 86.1 Å². The third kappa shape index (κ3) is 9.54. The molecule has 0 bridgehead atoms. The maximum atomic E-state index is 3.39. The van der Waals surface area contributed by atoms with Crippen LogP contribution in [-0.2, 0) is 6.42 Å². The summed E-state index contributed by atoms with van der Waals surface area (Å²) in [4.78, 5) is 0. The number of hydrogen-bond acceptors (Lipinski definition) is 0. The second-order valence-electron chi connectivity index (χ2n) is 7.76. The van der Waals surface area contributed by atoms with Crippen LogP contribution in [0, 0.1) is 23.7 Å². The minimum atomic E-state index is 0.997. The summed E-state index contributed by atoms with van der Waals surface area (Å²) < 4.78 is 0. The predicted molar refractivity (Wildman–Crippen MR) is 127 cm³/mol. The third-order valence-electron chi connectivity index (χ3n) is 5.18. The second kappa shape index (κ2) is 14.5. The van der Waals surface area contributed by atoms with Crippen molar-refractivity contribution in [1.29, 1.82) is 0 Å². The van der Waals surface area contributed by atoms with E-state index >= 15 is 0 Å². The zero-order valence-electron chi connectivity index (χ0n) is 18.4. The lowest BCUT2D eigenvalue weighted by atomic mass is 10.0. The van der Waals surface area contributed by atoms with Gasteiger partial charge in [-0.2, -0.15) is 0 Å². The van der Waals surface area contributed by atoms with Crippen LogP contribution in [0.3, 0.4) is 0 Å². The lowest BCUT2D eigenvalue weighted by molar-refractivity contribution is 0.632. The van der Waals surface area contributed by atoms with E-state index in [-0.39, 0.29) is 0 Å². The standard InChI is InChI=1S/C29H36/c1-3-5-7-9-11-12-16-26-20-22-27(23-21-26)24-25-29-19-15-14-18-28(29)17-13-10-8-6-4-2/h14-15,18-23H,3-11,13,17H2,1-2H3. The molecule has 0 radical (unpaired) electrons. The van der Waals surface area contributed by atoms with Crippen LogP contribution in [0.15, 0.2) is 48.5 Å². The Labute approximate surface area is 179 Å². The molecule has 0 N–H and O–H groups in total. The first-order valence-corrected chi connectivity index (χ1v) is 11.5. The van der Waals surface area contributed by atoms with E-state index in [4.69, 9.17) is 0 Å². The Bertz CT molecular complexity index is 818. The van der Waals surface area contributed by atoms with E-state index < -0.39 is 0 Å². The summed E-state index contributed by atoms with van der Waals surface area (Å²) in [6.45, 7) is 4.50. The molecule has 2 aromatic rings. The van der Waals surface area contributed by atoms with Gasteiger partial charge in [0.2, 0.25) is 0 Å².